The molecule has 0 unspecified atom stereocenters. The predicted octanol–water partition coefficient (Wildman–Crippen LogP) is 4.94. The number of rotatable bonds is 7. The third-order valence-electron chi connectivity index (χ3n) is 6.22. The van der Waals surface area contributed by atoms with Crippen LogP contribution in [0.5, 0.6) is 0 Å². The average molecular weight is 472 g/mol. The van der Waals surface area contributed by atoms with Gasteiger partial charge in [0.1, 0.15) is 0 Å². The fourth-order valence-electron chi connectivity index (χ4n) is 4.35. The summed E-state index contributed by atoms with van der Waals surface area (Å²) in [7, 11) is 0. The summed E-state index contributed by atoms with van der Waals surface area (Å²) in [6.45, 7) is 5.57. The van der Waals surface area contributed by atoms with E-state index in [1.54, 1.807) is 16.3 Å². The molecule has 5 rings (SSSR count). The van der Waals surface area contributed by atoms with E-state index in [2.05, 4.69) is 48.2 Å². The molecule has 1 aliphatic rings. The molecule has 34 heavy (non-hydrogen) atoms. The van der Waals surface area contributed by atoms with Crippen LogP contribution in [0.3, 0.4) is 0 Å². The molecule has 0 saturated carbocycles. The number of aryl methyl sites for hydroxylation is 1. The van der Waals surface area contributed by atoms with Crippen LogP contribution in [0.25, 0.3) is 16.6 Å². The molecule has 0 amide bonds. The van der Waals surface area contributed by atoms with Crippen LogP contribution in [-0.2, 0) is 17.7 Å². The van der Waals surface area contributed by atoms with Crippen LogP contribution < -0.4 is 5.56 Å². The van der Waals surface area contributed by atoms with E-state index in [1.807, 2.05) is 42.5 Å². The average Bonchev–Trinajstić information content (AvgIpc) is 2.89. The minimum absolute atomic E-state index is 0.0346. The summed E-state index contributed by atoms with van der Waals surface area (Å²) >= 11 is 1.60. The van der Waals surface area contributed by atoms with E-state index >= 15 is 0 Å². The van der Waals surface area contributed by atoms with E-state index in [0.717, 1.165) is 43.0 Å². The molecular formula is C28H29N3O2S. The summed E-state index contributed by atoms with van der Waals surface area (Å²) in [5, 5.41) is 1.34. The Labute approximate surface area is 204 Å². The molecule has 1 saturated heterocycles. The Morgan fingerprint density at radius 1 is 0.971 bits per heavy atom. The van der Waals surface area contributed by atoms with Gasteiger partial charge in [-0.3, -0.25) is 14.3 Å². The molecule has 1 fully saturated rings. The van der Waals surface area contributed by atoms with Crippen LogP contribution in [0.15, 0.2) is 88.8 Å². The van der Waals surface area contributed by atoms with Gasteiger partial charge in [0.2, 0.25) is 0 Å². The molecule has 174 valence electrons. The Balaban J connectivity index is 1.38. The molecular weight excluding hydrogens is 442 g/mol. The first-order valence-electron chi connectivity index (χ1n) is 11.8. The van der Waals surface area contributed by atoms with Crippen molar-refractivity contribution in [3.63, 3.8) is 0 Å². The number of hydrogen-bond donors (Lipinski definition) is 0. The normalized spacial score (nSPS) is 16.7. The zero-order chi connectivity index (χ0) is 23.3. The van der Waals surface area contributed by atoms with Crippen molar-refractivity contribution < 1.29 is 4.74 Å². The highest BCUT2D eigenvalue weighted by Gasteiger charge is 2.22. The molecule has 0 radical (unpaired) electrons. The highest BCUT2D eigenvalue weighted by atomic mass is 32.2. The monoisotopic (exact) mass is 471 g/mol. The van der Waals surface area contributed by atoms with Crippen molar-refractivity contribution in [2.75, 3.05) is 25.4 Å². The van der Waals surface area contributed by atoms with Crippen molar-refractivity contribution in [2.24, 2.45) is 0 Å². The molecule has 1 aromatic heterocycles. The third kappa shape index (κ3) is 5.09. The van der Waals surface area contributed by atoms with E-state index in [1.165, 1.54) is 11.1 Å². The van der Waals surface area contributed by atoms with Gasteiger partial charge in [0.25, 0.3) is 5.56 Å². The lowest BCUT2D eigenvalue weighted by molar-refractivity contribution is -0.0187. The van der Waals surface area contributed by atoms with Gasteiger partial charge < -0.3 is 4.74 Å². The fraction of sp³-hybridized carbons (Fsp3) is 0.286. The van der Waals surface area contributed by atoms with Crippen molar-refractivity contribution in [3.8, 4) is 5.69 Å². The van der Waals surface area contributed by atoms with Crippen LogP contribution in [-0.4, -0.2) is 46.0 Å². The summed E-state index contributed by atoms with van der Waals surface area (Å²) in [6, 6.07) is 26.3. The van der Waals surface area contributed by atoms with Gasteiger partial charge in [0, 0.05) is 25.4 Å². The molecule has 5 nitrogen and oxygen atoms in total. The Morgan fingerprint density at radius 3 is 2.53 bits per heavy atom. The van der Waals surface area contributed by atoms with Gasteiger partial charge in [0.05, 0.1) is 29.3 Å². The summed E-state index contributed by atoms with van der Waals surface area (Å²) in [6.07, 6.45) is 1.05. The first kappa shape index (κ1) is 22.8. The number of nitrogens with zero attached hydrogens (tertiary/aromatic N) is 3. The molecule has 4 aromatic rings. The van der Waals surface area contributed by atoms with Gasteiger partial charge in [0.15, 0.2) is 5.16 Å². The summed E-state index contributed by atoms with van der Waals surface area (Å²) in [4.78, 5) is 20.8. The minimum Gasteiger partial charge on any atom is -0.375 e. The van der Waals surface area contributed by atoms with Gasteiger partial charge in [-0.25, -0.2) is 4.98 Å². The van der Waals surface area contributed by atoms with Crippen molar-refractivity contribution in [3.05, 3.63) is 100 Å². The molecule has 1 atom stereocenters. The molecule has 2 heterocycles. The van der Waals surface area contributed by atoms with Crippen molar-refractivity contribution >= 4 is 22.7 Å². The third-order valence-corrected chi connectivity index (χ3v) is 7.29. The molecule has 0 bridgehead atoms. The quantitative estimate of drug-likeness (QED) is 0.282. The highest BCUT2D eigenvalue weighted by Crippen LogP contribution is 2.24. The maximum atomic E-state index is 13.5. The molecule has 1 aliphatic heterocycles. The second-order valence-electron chi connectivity index (χ2n) is 8.60. The first-order chi connectivity index (χ1) is 16.7. The number of aromatic nitrogens is 2. The second kappa shape index (κ2) is 10.6. The smallest absolute Gasteiger partial charge is 0.266 e. The lowest BCUT2D eigenvalue weighted by atomic mass is 10.1. The minimum atomic E-state index is -0.0346. The SMILES string of the molecule is CCc1ccc(-n2c(SC[C@H]3CN(Cc4ccccc4)CCO3)nc3ccccc3c2=O)cc1. The van der Waals surface area contributed by atoms with E-state index in [9.17, 15) is 4.79 Å². The fourth-order valence-corrected chi connectivity index (χ4v) is 5.37. The van der Waals surface area contributed by atoms with Gasteiger partial charge in [-0.2, -0.15) is 0 Å². The number of para-hydroxylation sites is 1. The molecule has 0 aliphatic carbocycles. The Bertz CT molecular complexity index is 1310. The molecule has 0 N–H and O–H groups in total. The first-order valence-corrected chi connectivity index (χ1v) is 12.8. The van der Waals surface area contributed by atoms with Gasteiger partial charge in [-0.1, -0.05) is 73.3 Å². The van der Waals surface area contributed by atoms with Crippen molar-refractivity contribution in [2.45, 2.75) is 31.1 Å². The van der Waals surface area contributed by atoms with Gasteiger partial charge in [-0.05, 0) is 41.8 Å². The van der Waals surface area contributed by atoms with E-state index in [-0.39, 0.29) is 11.7 Å². The lowest BCUT2D eigenvalue weighted by Gasteiger charge is -2.32. The Hall–Kier alpha value is -2.93. The van der Waals surface area contributed by atoms with Gasteiger partial charge in [-0.15, -0.1) is 0 Å². The van der Waals surface area contributed by atoms with Crippen LogP contribution in [0.2, 0.25) is 0 Å². The summed E-state index contributed by atoms with van der Waals surface area (Å²) in [5.41, 5.74) is 4.10. The summed E-state index contributed by atoms with van der Waals surface area (Å²) < 4.78 is 7.83. The zero-order valence-electron chi connectivity index (χ0n) is 19.4. The predicted molar refractivity (Wildman–Crippen MR) is 139 cm³/mol. The van der Waals surface area contributed by atoms with Crippen LogP contribution >= 0.6 is 11.8 Å². The number of ether oxygens (including phenoxy) is 1. The van der Waals surface area contributed by atoms with Crippen molar-refractivity contribution in [1.82, 2.24) is 14.5 Å². The van der Waals surface area contributed by atoms with E-state index < -0.39 is 0 Å². The second-order valence-corrected chi connectivity index (χ2v) is 9.58. The molecule has 3 aromatic carbocycles. The molecule has 6 heteroatoms. The maximum Gasteiger partial charge on any atom is 0.266 e. The van der Waals surface area contributed by atoms with Crippen LogP contribution in [0, 0.1) is 0 Å². The maximum absolute atomic E-state index is 13.5. The molecule has 0 spiro atoms. The number of morpholine rings is 1. The number of thioether (sulfide) groups is 1. The lowest BCUT2D eigenvalue weighted by Crippen LogP contribution is -2.43. The largest absolute Gasteiger partial charge is 0.375 e. The Morgan fingerprint density at radius 2 is 1.74 bits per heavy atom. The number of benzene rings is 3. The standard InChI is InChI=1S/C28H29N3O2S/c1-2-21-12-14-23(15-13-21)31-27(32)25-10-6-7-11-26(25)29-28(31)34-20-24-19-30(16-17-33-24)18-22-8-4-3-5-9-22/h3-15,24H,2,16-20H2,1H3/t24-/m1/s1. The number of fused-ring (bicyclic) bond motifs is 1. The highest BCUT2D eigenvalue weighted by molar-refractivity contribution is 7.99. The Kier molecular flexibility index (Phi) is 7.09. The summed E-state index contributed by atoms with van der Waals surface area (Å²) in [5.74, 6) is 0.739. The topological polar surface area (TPSA) is 47.4 Å². The zero-order valence-corrected chi connectivity index (χ0v) is 20.2. The number of hydrogen-bond acceptors (Lipinski definition) is 5. The van der Waals surface area contributed by atoms with E-state index in [4.69, 9.17) is 9.72 Å². The van der Waals surface area contributed by atoms with Gasteiger partial charge >= 0.3 is 0 Å². The van der Waals surface area contributed by atoms with Crippen LogP contribution in [0.1, 0.15) is 18.1 Å². The van der Waals surface area contributed by atoms with E-state index in [0.29, 0.717) is 17.1 Å². The van der Waals surface area contributed by atoms with Crippen molar-refractivity contribution in [1.29, 1.82) is 0 Å². The van der Waals surface area contributed by atoms with Crippen LogP contribution in [0.4, 0.5) is 0 Å².